The first kappa shape index (κ1) is 16.5. The van der Waals surface area contributed by atoms with E-state index in [9.17, 15) is 4.79 Å². The first-order valence-electron chi connectivity index (χ1n) is 8.77. The van der Waals surface area contributed by atoms with Crippen LogP contribution in [0.25, 0.3) is 0 Å². The molecule has 3 rings (SSSR count). The molecule has 6 nitrogen and oxygen atoms in total. The van der Waals surface area contributed by atoms with Crippen molar-refractivity contribution >= 4 is 5.91 Å². The third-order valence-electron chi connectivity index (χ3n) is 5.14. The van der Waals surface area contributed by atoms with E-state index in [1.807, 2.05) is 18.2 Å². The number of carbonyl (C=O) groups excluding carboxylic acids is 1. The second kappa shape index (κ2) is 7.45. The van der Waals surface area contributed by atoms with Crippen LogP contribution >= 0.6 is 0 Å². The molecule has 2 aliphatic heterocycles. The number of nitrogens with one attached hydrogen (secondary N) is 1. The number of imidazole rings is 1. The zero-order valence-electron chi connectivity index (χ0n) is 14.3. The van der Waals surface area contributed by atoms with E-state index in [4.69, 9.17) is 4.74 Å². The van der Waals surface area contributed by atoms with Crippen LogP contribution < -0.4 is 5.32 Å². The van der Waals surface area contributed by atoms with Crippen LogP contribution in [-0.4, -0.2) is 58.7 Å². The average molecular weight is 320 g/mol. The highest BCUT2D eigenvalue weighted by molar-refractivity contribution is 5.81. The molecular weight excluding hydrogens is 292 g/mol. The predicted octanol–water partition coefficient (Wildman–Crippen LogP) is 1.26. The molecule has 1 aromatic heterocycles. The lowest BCUT2D eigenvalue weighted by atomic mass is 10.0. The summed E-state index contributed by atoms with van der Waals surface area (Å²) < 4.78 is 7.70. The van der Waals surface area contributed by atoms with Gasteiger partial charge >= 0.3 is 0 Å². The Labute approximate surface area is 138 Å². The van der Waals surface area contributed by atoms with Gasteiger partial charge in [0, 0.05) is 44.5 Å². The topological polar surface area (TPSA) is 59.4 Å². The summed E-state index contributed by atoms with van der Waals surface area (Å²) in [5.41, 5.74) is 2.34. The molecule has 2 fully saturated rings. The van der Waals surface area contributed by atoms with Gasteiger partial charge in [-0.3, -0.25) is 4.79 Å². The second-order valence-corrected chi connectivity index (χ2v) is 6.66. The molecule has 1 N–H and O–H groups in total. The molecule has 0 radical (unpaired) electrons. The van der Waals surface area contributed by atoms with Crippen molar-refractivity contribution in [3.8, 4) is 0 Å². The Morgan fingerprint density at radius 3 is 2.74 bits per heavy atom. The van der Waals surface area contributed by atoms with Gasteiger partial charge in [0.15, 0.2) is 0 Å². The Morgan fingerprint density at radius 1 is 1.35 bits per heavy atom. The zero-order chi connectivity index (χ0) is 16.2. The number of nitrogens with zero attached hydrogens (tertiary/aromatic N) is 3. The van der Waals surface area contributed by atoms with Crippen molar-refractivity contribution in [2.24, 2.45) is 0 Å². The highest BCUT2D eigenvalue weighted by atomic mass is 16.5. The number of carbonyl (C=O) groups is 1. The molecule has 2 saturated heterocycles. The summed E-state index contributed by atoms with van der Waals surface area (Å²) in [6.45, 7) is 8.47. The Bertz CT molecular complexity index is 529. The molecule has 0 aliphatic carbocycles. The Morgan fingerprint density at radius 2 is 2.13 bits per heavy atom. The minimum atomic E-state index is -0.174. The first-order chi connectivity index (χ1) is 11.1. The maximum atomic E-state index is 12.3. The van der Waals surface area contributed by atoms with E-state index in [1.165, 1.54) is 5.69 Å². The number of likely N-dealkylation sites (tertiary alicyclic amines) is 1. The first-order valence-corrected chi connectivity index (χ1v) is 8.77. The summed E-state index contributed by atoms with van der Waals surface area (Å²) in [7, 11) is 0. The third-order valence-corrected chi connectivity index (χ3v) is 5.14. The summed E-state index contributed by atoms with van der Waals surface area (Å²) in [6, 6.07) is 0.508. The van der Waals surface area contributed by atoms with Crippen molar-refractivity contribution in [1.29, 1.82) is 0 Å². The fourth-order valence-electron chi connectivity index (χ4n) is 3.44. The standard InChI is InChI=1S/C17H28N4O2/c1-13-14(2)21(12-19-13)10-7-18-15-5-8-20(9-6-15)17(22)16-4-3-11-23-16/h12,15-16,18H,3-11H2,1-2H3. The number of ether oxygens (including phenoxy) is 1. The Kier molecular flexibility index (Phi) is 5.33. The van der Waals surface area contributed by atoms with Crippen molar-refractivity contribution < 1.29 is 9.53 Å². The van der Waals surface area contributed by atoms with Crippen LogP contribution in [0.4, 0.5) is 0 Å². The van der Waals surface area contributed by atoms with E-state index in [-0.39, 0.29) is 12.0 Å². The molecule has 1 unspecified atom stereocenters. The maximum absolute atomic E-state index is 12.3. The maximum Gasteiger partial charge on any atom is 0.251 e. The smallest absolute Gasteiger partial charge is 0.251 e. The molecule has 2 aliphatic rings. The number of aromatic nitrogens is 2. The fourth-order valence-corrected chi connectivity index (χ4v) is 3.44. The quantitative estimate of drug-likeness (QED) is 0.887. The van der Waals surface area contributed by atoms with Crippen molar-refractivity contribution in [3.05, 3.63) is 17.7 Å². The van der Waals surface area contributed by atoms with Crippen LogP contribution in [0.1, 0.15) is 37.1 Å². The van der Waals surface area contributed by atoms with Gasteiger partial charge in [0.2, 0.25) is 0 Å². The van der Waals surface area contributed by atoms with E-state index in [0.717, 1.165) is 64.2 Å². The molecule has 23 heavy (non-hydrogen) atoms. The van der Waals surface area contributed by atoms with Crippen LogP contribution in [0.15, 0.2) is 6.33 Å². The number of piperidine rings is 1. The summed E-state index contributed by atoms with van der Waals surface area (Å²) in [4.78, 5) is 18.6. The van der Waals surface area contributed by atoms with Gasteiger partial charge in [0.05, 0.1) is 12.0 Å². The molecule has 128 valence electrons. The molecular formula is C17H28N4O2. The van der Waals surface area contributed by atoms with Crippen LogP contribution in [0, 0.1) is 13.8 Å². The summed E-state index contributed by atoms with van der Waals surface area (Å²) >= 11 is 0. The van der Waals surface area contributed by atoms with Crippen LogP contribution in [-0.2, 0) is 16.1 Å². The molecule has 3 heterocycles. The van der Waals surface area contributed by atoms with Gasteiger partial charge in [0.25, 0.3) is 5.91 Å². The number of aryl methyl sites for hydroxylation is 1. The van der Waals surface area contributed by atoms with E-state index >= 15 is 0 Å². The predicted molar refractivity (Wildman–Crippen MR) is 88.3 cm³/mol. The van der Waals surface area contributed by atoms with E-state index in [0.29, 0.717) is 6.04 Å². The average Bonchev–Trinajstić information content (AvgIpc) is 3.20. The molecule has 0 saturated carbocycles. The SMILES string of the molecule is Cc1ncn(CCNC2CCN(C(=O)C3CCCO3)CC2)c1C. The van der Waals surface area contributed by atoms with Gasteiger partial charge in [-0.05, 0) is 39.5 Å². The molecule has 0 bridgehead atoms. The molecule has 0 aromatic carbocycles. The minimum Gasteiger partial charge on any atom is -0.368 e. The molecule has 6 heteroatoms. The van der Waals surface area contributed by atoms with E-state index in [1.54, 1.807) is 0 Å². The number of amides is 1. The Hall–Kier alpha value is -1.40. The van der Waals surface area contributed by atoms with Gasteiger partial charge < -0.3 is 19.5 Å². The third kappa shape index (κ3) is 3.93. The second-order valence-electron chi connectivity index (χ2n) is 6.66. The summed E-state index contributed by atoms with van der Waals surface area (Å²) in [5.74, 6) is 0.200. The van der Waals surface area contributed by atoms with E-state index in [2.05, 4.69) is 21.8 Å². The van der Waals surface area contributed by atoms with Gasteiger partial charge in [-0.1, -0.05) is 0 Å². The van der Waals surface area contributed by atoms with Gasteiger partial charge in [-0.25, -0.2) is 4.98 Å². The molecule has 1 aromatic rings. The van der Waals surface area contributed by atoms with E-state index < -0.39 is 0 Å². The number of hydrogen-bond donors (Lipinski definition) is 1. The highest BCUT2D eigenvalue weighted by Gasteiger charge is 2.30. The lowest BCUT2D eigenvalue weighted by molar-refractivity contribution is -0.142. The van der Waals surface area contributed by atoms with Crippen molar-refractivity contribution in [2.75, 3.05) is 26.2 Å². The lowest BCUT2D eigenvalue weighted by Gasteiger charge is -2.33. The van der Waals surface area contributed by atoms with Crippen molar-refractivity contribution in [3.63, 3.8) is 0 Å². The molecule has 1 atom stereocenters. The lowest BCUT2D eigenvalue weighted by Crippen LogP contribution is -2.48. The van der Waals surface area contributed by atoms with Crippen LogP contribution in [0.5, 0.6) is 0 Å². The van der Waals surface area contributed by atoms with Crippen molar-refractivity contribution in [1.82, 2.24) is 19.8 Å². The normalized spacial score (nSPS) is 22.7. The highest BCUT2D eigenvalue weighted by Crippen LogP contribution is 2.18. The summed E-state index contributed by atoms with van der Waals surface area (Å²) in [5, 5.41) is 3.62. The Balaban J connectivity index is 1.37. The van der Waals surface area contributed by atoms with Crippen LogP contribution in [0.3, 0.4) is 0 Å². The number of hydrogen-bond acceptors (Lipinski definition) is 4. The molecule has 1 amide bonds. The molecule has 0 spiro atoms. The minimum absolute atomic E-state index is 0.174. The largest absolute Gasteiger partial charge is 0.368 e. The van der Waals surface area contributed by atoms with Gasteiger partial charge in [-0.15, -0.1) is 0 Å². The summed E-state index contributed by atoms with van der Waals surface area (Å²) in [6.07, 6.45) is 5.70. The fraction of sp³-hybridized carbons (Fsp3) is 0.765. The van der Waals surface area contributed by atoms with Crippen LogP contribution in [0.2, 0.25) is 0 Å². The van der Waals surface area contributed by atoms with Gasteiger partial charge in [0.1, 0.15) is 6.10 Å². The van der Waals surface area contributed by atoms with Crippen molar-refractivity contribution in [2.45, 2.75) is 58.2 Å². The van der Waals surface area contributed by atoms with Gasteiger partial charge in [-0.2, -0.15) is 0 Å². The monoisotopic (exact) mass is 320 g/mol. The number of rotatable bonds is 5. The zero-order valence-corrected chi connectivity index (χ0v) is 14.3.